The molecule has 0 aromatic heterocycles. The first-order valence-electron chi connectivity index (χ1n) is 7.16. The number of aliphatic hydroxyl groups excluding tert-OH is 1. The van der Waals surface area contributed by atoms with E-state index in [-0.39, 0.29) is 13.2 Å². The van der Waals surface area contributed by atoms with Crippen LogP contribution in [-0.2, 0) is 4.74 Å². The third-order valence-corrected chi connectivity index (χ3v) is 4.14. The Labute approximate surface area is 113 Å². The maximum atomic E-state index is 12.1. The molecular formula is C14H25F3O2. The molecule has 1 saturated carbocycles. The SMILES string of the molecule is CCCCC1CCC(CO)(COCC(F)(F)F)CC1. The largest absolute Gasteiger partial charge is 0.411 e. The summed E-state index contributed by atoms with van der Waals surface area (Å²) >= 11 is 0. The normalized spacial score (nSPS) is 28.6. The van der Waals surface area contributed by atoms with Gasteiger partial charge in [-0.25, -0.2) is 0 Å². The molecular weight excluding hydrogens is 257 g/mol. The van der Waals surface area contributed by atoms with Crippen molar-refractivity contribution in [1.82, 2.24) is 0 Å². The summed E-state index contributed by atoms with van der Waals surface area (Å²) in [6.07, 6.45) is 2.84. The molecule has 0 spiro atoms. The van der Waals surface area contributed by atoms with Crippen LogP contribution in [0.3, 0.4) is 0 Å². The fourth-order valence-electron chi connectivity index (χ4n) is 2.80. The second-order valence-corrected chi connectivity index (χ2v) is 5.85. The van der Waals surface area contributed by atoms with Crippen LogP contribution in [0.5, 0.6) is 0 Å². The van der Waals surface area contributed by atoms with Crippen molar-refractivity contribution < 1.29 is 23.0 Å². The van der Waals surface area contributed by atoms with Gasteiger partial charge in [0.2, 0.25) is 0 Å². The maximum Gasteiger partial charge on any atom is 0.411 e. The first-order valence-corrected chi connectivity index (χ1v) is 7.16. The molecule has 19 heavy (non-hydrogen) atoms. The van der Waals surface area contributed by atoms with Crippen LogP contribution in [0, 0.1) is 11.3 Å². The van der Waals surface area contributed by atoms with Crippen molar-refractivity contribution in [2.45, 2.75) is 58.0 Å². The highest BCUT2D eigenvalue weighted by atomic mass is 19.4. The average molecular weight is 282 g/mol. The minimum Gasteiger partial charge on any atom is -0.396 e. The molecule has 0 amide bonds. The number of unbranched alkanes of at least 4 members (excludes halogenated alkanes) is 1. The van der Waals surface area contributed by atoms with Crippen LogP contribution >= 0.6 is 0 Å². The summed E-state index contributed by atoms with van der Waals surface area (Å²) in [5.74, 6) is 0.669. The van der Waals surface area contributed by atoms with Crippen molar-refractivity contribution in [3.63, 3.8) is 0 Å². The first kappa shape index (κ1) is 16.8. The van der Waals surface area contributed by atoms with Crippen LogP contribution < -0.4 is 0 Å². The molecule has 1 rings (SSSR count). The molecule has 0 unspecified atom stereocenters. The minimum atomic E-state index is -4.28. The van der Waals surface area contributed by atoms with Gasteiger partial charge in [0.15, 0.2) is 0 Å². The number of hydrogen-bond donors (Lipinski definition) is 1. The van der Waals surface area contributed by atoms with Crippen LogP contribution in [-0.4, -0.2) is 31.1 Å². The van der Waals surface area contributed by atoms with Crippen molar-refractivity contribution >= 4 is 0 Å². The van der Waals surface area contributed by atoms with E-state index in [1.807, 2.05) is 0 Å². The molecule has 0 radical (unpaired) electrons. The predicted octanol–water partition coefficient (Wildman–Crippen LogP) is 3.92. The van der Waals surface area contributed by atoms with E-state index in [0.29, 0.717) is 5.92 Å². The zero-order valence-corrected chi connectivity index (χ0v) is 11.6. The van der Waals surface area contributed by atoms with Crippen molar-refractivity contribution in [3.05, 3.63) is 0 Å². The monoisotopic (exact) mass is 282 g/mol. The molecule has 0 heterocycles. The van der Waals surface area contributed by atoms with Gasteiger partial charge in [-0.2, -0.15) is 13.2 Å². The minimum absolute atomic E-state index is 0.0174. The van der Waals surface area contributed by atoms with Gasteiger partial charge in [-0.3, -0.25) is 0 Å². The van der Waals surface area contributed by atoms with Gasteiger partial charge in [-0.15, -0.1) is 0 Å². The molecule has 5 heteroatoms. The third-order valence-electron chi connectivity index (χ3n) is 4.14. The molecule has 1 aliphatic carbocycles. The van der Waals surface area contributed by atoms with Gasteiger partial charge in [-0.05, 0) is 31.6 Å². The summed E-state index contributed by atoms with van der Waals surface area (Å²) < 4.78 is 40.9. The fraction of sp³-hybridized carbons (Fsp3) is 1.00. The summed E-state index contributed by atoms with van der Waals surface area (Å²) in [7, 11) is 0. The molecule has 0 aromatic carbocycles. The summed E-state index contributed by atoms with van der Waals surface area (Å²) in [5.41, 5.74) is -0.450. The average Bonchev–Trinajstić information content (AvgIpc) is 2.36. The molecule has 114 valence electrons. The fourth-order valence-corrected chi connectivity index (χ4v) is 2.80. The van der Waals surface area contributed by atoms with Crippen LogP contribution in [0.2, 0.25) is 0 Å². The standard InChI is InChI=1S/C14H25F3O2/c1-2-3-4-12-5-7-13(9-18,8-6-12)10-19-11-14(15,16)17/h12,18H,2-11H2,1H3. The lowest BCUT2D eigenvalue weighted by Crippen LogP contribution is -2.36. The van der Waals surface area contributed by atoms with Gasteiger partial charge >= 0.3 is 6.18 Å². The molecule has 0 saturated heterocycles. The number of rotatable bonds is 7. The lowest BCUT2D eigenvalue weighted by Gasteiger charge is -2.38. The molecule has 1 aliphatic rings. The van der Waals surface area contributed by atoms with Gasteiger partial charge in [0.25, 0.3) is 0 Å². The highest BCUT2D eigenvalue weighted by Crippen LogP contribution is 2.40. The lowest BCUT2D eigenvalue weighted by molar-refractivity contribution is -0.184. The lowest BCUT2D eigenvalue weighted by atomic mass is 9.70. The Bertz CT molecular complexity index is 246. The Kier molecular flexibility index (Phi) is 6.60. The highest BCUT2D eigenvalue weighted by Gasteiger charge is 2.36. The van der Waals surface area contributed by atoms with E-state index >= 15 is 0 Å². The molecule has 0 atom stereocenters. The van der Waals surface area contributed by atoms with Crippen LogP contribution in [0.1, 0.15) is 51.9 Å². The summed E-state index contributed by atoms with van der Waals surface area (Å²) in [6.45, 7) is 0.884. The summed E-state index contributed by atoms with van der Waals surface area (Å²) in [4.78, 5) is 0. The van der Waals surface area contributed by atoms with Crippen molar-refractivity contribution in [2.24, 2.45) is 11.3 Å². The second kappa shape index (κ2) is 7.48. The van der Waals surface area contributed by atoms with E-state index in [1.54, 1.807) is 0 Å². The molecule has 2 nitrogen and oxygen atoms in total. The predicted molar refractivity (Wildman–Crippen MR) is 67.9 cm³/mol. The number of halogens is 3. The molecule has 0 aromatic rings. The molecule has 1 fully saturated rings. The topological polar surface area (TPSA) is 29.5 Å². The summed E-state index contributed by atoms with van der Waals surface area (Å²) in [6, 6.07) is 0. The number of ether oxygens (including phenoxy) is 1. The quantitative estimate of drug-likeness (QED) is 0.766. The van der Waals surface area contributed by atoms with E-state index in [4.69, 9.17) is 4.74 Å². The second-order valence-electron chi connectivity index (χ2n) is 5.85. The number of aliphatic hydroxyl groups is 1. The van der Waals surface area contributed by atoms with Gasteiger partial charge in [0.05, 0.1) is 13.2 Å². The Balaban J connectivity index is 2.33. The summed E-state index contributed by atoms with van der Waals surface area (Å²) in [5, 5.41) is 9.47. The Morgan fingerprint density at radius 3 is 2.37 bits per heavy atom. The Hall–Kier alpha value is -0.290. The Morgan fingerprint density at radius 1 is 1.26 bits per heavy atom. The van der Waals surface area contributed by atoms with Crippen molar-refractivity contribution in [2.75, 3.05) is 19.8 Å². The smallest absolute Gasteiger partial charge is 0.396 e. The molecule has 0 bridgehead atoms. The zero-order valence-electron chi connectivity index (χ0n) is 11.6. The van der Waals surface area contributed by atoms with Crippen molar-refractivity contribution in [3.8, 4) is 0 Å². The molecule has 1 N–H and O–H groups in total. The van der Waals surface area contributed by atoms with Gasteiger partial charge in [-0.1, -0.05) is 26.2 Å². The number of alkyl halides is 3. The van der Waals surface area contributed by atoms with E-state index in [2.05, 4.69) is 6.92 Å². The molecule has 0 aliphatic heterocycles. The van der Waals surface area contributed by atoms with E-state index in [1.165, 1.54) is 19.3 Å². The van der Waals surface area contributed by atoms with Crippen LogP contribution in [0.25, 0.3) is 0 Å². The Morgan fingerprint density at radius 2 is 1.89 bits per heavy atom. The van der Waals surface area contributed by atoms with Crippen LogP contribution in [0.4, 0.5) is 13.2 Å². The maximum absolute atomic E-state index is 12.1. The van der Waals surface area contributed by atoms with E-state index in [0.717, 1.165) is 25.7 Å². The van der Waals surface area contributed by atoms with Gasteiger partial charge in [0.1, 0.15) is 6.61 Å². The van der Waals surface area contributed by atoms with Crippen LogP contribution in [0.15, 0.2) is 0 Å². The van der Waals surface area contributed by atoms with Crippen molar-refractivity contribution in [1.29, 1.82) is 0 Å². The van der Waals surface area contributed by atoms with Gasteiger partial charge in [0, 0.05) is 5.41 Å². The zero-order chi connectivity index (χ0) is 14.4. The van der Waals surface area contributed by atoms with Gasteiger partial charge < -0.3 is 9.84 Å². The number of hydrogen-bond acceptors (Lipinski definition) is 2. The van der Waals surface area contributed by atoms with E-state index < -0.39 is 18.2 Å². The highest BCUT2D eigenvalue weighted by molar-refractivity contribution is 4.85. The first-order chi connectivity index (χ1) is 8.91. The van der Waals surface area contributed by atoms with E-state index in [9.17, 15) is 18.3 Å². The third kappa shape index (κ3) is 6.13.